The van der Waals surface area contributed by atoms with E-state index in [9.17, 15) is 9.59 Å². The molecule has 1 aromatic carbocycles. The molecule has 0 saturated carbocycles. The number of aromatic nitrogens is 1. The van der Waals surface area contributed by atoms with Gasteiger partial charge in [-0.3, -0.25) is 29.3 Å². The quantitative estimate of drug-likeness (QED) is 0.589. The summed E-state index contributed by atoms with van der Waals surface area (Å²) in [6.07, 6.45) is 6.78. The lowest BCUT2D eigenvalue weighted by molar-refractivity contribution is -0.134. The van der Waals surface area contributed by atoms with E-state index in [0.717, 1.165) is 63.2 Å². The summed E-state index contributed by atoms with van der Waals surface area (Å²) < 4.78 is 0. The van der Waals surface area contributed by atoms with Crippen LogP contribution in [0, 0.1) is 0 Å². The van der Waals surface area contributed by atoms with Crippen molar-refractivity contribution in [3.63, 3.8) is 0 Å². The summed E-state index contributed by atoms with van der Waals surface area (Å²) in [5.74, 6) is 0.238. The normalized spacial score (nSPS) is 23.5. The number of rotatable bonds is 5. The molecule has 0 spiro atoms. The van der Waals surface area contributed by atoms with Crippen LogP contribution in [0.15, 0.2) is 48.8 Å². The van der Waals surface area contributed by atoms with Gasteiger partial charge in [-0.1, -0.05) is 18.2 Å². The number of amides is 2. The number of nitrogens with zero attached hydrogens (tertiary/aromatic N) is 6. The highest BCUT2D eigenvalue weighted by Crippen LogP contribution is 2.32. The van der Waals surface area contributed by atoms with Crippen molar-refractivity contribution >= 4 is 17.5 Å². The van der Waals surface area contributed by atoms with Gasteiger partial charge in [0.25, 0.3) is 0 Å². The highest BCUT2D eigenvalue weighted by molar-refractivity contribution is 5.92. The van der Waals surface area contributed by atoms with Crippen molar-refractivity contribution in [3.8, 4) is 0 Å². The van der Waals surface area contributed by atoms with Gasteiger partial charge in [0.15, 0.2) is 0 Å². The third-order valence-electron chi connectivity index (χ3n) is 8.88. The number of pyridine rings is 1. The van der Waals surface area contributed by atoms with Gasteiger partial charge in [-0.25, -0.2) is 0 Å². The Hall–Kier alpha value is -2.81. The van der Waals surface area contributed by atoms with Crippen LogP contribution < -0.4 is 4.90 Å². The second-order valence-corrected chi connectivity index (χ2v) is 11.7. The Morgan fingerprint density at radius 3 is 2.36 bits per heavy atom. The second-order valence-electron chi connectivity index (χ2n) is 11.7. The summed E-state index contributed by atoms with van der Waals surface area (Å²) >= 11 is 0. The molecule has 2 aromatic rings. The molecule has 2 saturated heterocycles. The minimum absolute atomic E-state index is 0.0535. The minimum Gasteiger partial charge on any atom is -0.336 e. The van der Waals surface area contributed by atoms with E-state index in [1.807, 2.05) is 35.5 Å². The van der Waals surface area contributed by atoms with Crippen molar-refractivity contribution in [2.75, 3.05) is 50.7 Å². The summed E-state index contributed by atoms with van der Waals surface area (Å²) in [7, 11) is 0. The van der Waals surface area contributed by atoms with Crippen molar-refractivity contribution in [3.05, 3.63) is 59.9 Å². The zero-order chi connectivity index (χ0) is 27.4. The van der Waals surface area contributed by atoms with Gasteiger partial charge in [0.2, 0.25) is 11.8 Å². The number of carbonyl (C=O) groups excluding carboxylic acids is 2. The Morgan fingerprint density at radius 2 is 1.64 bits per heavy atom. The molecule has 3 aliphatic heterocycles. The van der Waals surface area contributed by atoms with Crippen molar-refractivity contribution < 1.29 is 9.59 Å². The van der Waals surface area contributed by atoms with E-state index in [-0.39, 0.29) is 11.8 Å². The van der Waals surface area contributed by atoms with Crippen LogP contribution in [0.4, 0.5) is 5.69 Å². The molecule has 0 radical (unpaired) electrons. The molecule has 2 atom stereocenters. The van der Waals surface area contributed by atoms with Crippen LogP contribution >= 0.6 is 0 Å². The van der Waals surface area contributed by atoms with E-state index >= 15 is 0 Å². The first-order valence-electron chi connectivity index (χ1n) is 14.6. The summed E-state index contributed by atoms with van der Waals surface area (Å²) in [6, 6.07) is 13.5. The Labute approximate surface area is 233 Å². The van der Waals surface area contributed by atoms with E-state index in [2.05, 4.69) is 56.6 Å². The van der Waals surface area contributed by atoms with Gasteiger partial charge in [-0.05, 0) is 62.4 Å². The van der Waals surface area contributed by atoms with Gasteiger partial charge < -0.3 is 9.80 Å². The lowest BCUT2D eigenvalue weighted by Crippen LogP contribution is -2.52. The maximum absolute atomic E-state index is 14.0. The molecule has 5 rings (SSSR count). The lowest BCUT2D eigenvalue weighted by Gasteiger charge is -2.38. The Kier molecular flexibility index (Phi) is 8.95. The van der Waals surface area contributed by atoms with Crippen LogP contribution in [0.5, 0.6) is 0 Å². The van der Waals surface area contributed by atoms with E-state index in [0.29, 0.717) is 44.3 Å². The molecule has 0 N–H and O–H groups in total. The average Bonchev–Trinajstić information content (AvgIpc) is 3.29. The maximum atomic E-state index is 14.0. The van der Waals surface area contributed by atoms with Gasteiger partial charge in [0.1, 0.15) is 0 Å². The number of benzene rings is 1. The Bertz CT molecular complexity index is 1120. The fourth-order valence-corrected chi connectivity index (χ4v) is 6.56. The predicted molar refractivity (Wildman–Crippen MR) is 154 cm³/mol. The topological polar surface area (TPSA) is 63.2 Å². The zero-order valence-electron chi connectivity index (χ0n) is 23.8. The first kappa shape index (κ1) is 27.7. The summed E-state index contributed by atoms with van der Waals surface area (Å²) in [5, 5.41) is 0. The van der Waals surface area contributed by atoms with Crippen LogP contribution in [-0.2, 0) is 22.7 Å². The van der Waals surface area contributed by atoms with Crippen molar-refractivity contribution in [2.24, 2.45) is 0 Å². The molecule has 2 unspecified atom stereocenters. The van der Waals surface area contributed by atoms with E-state index in [1.165, 1.54) is 5.56 Å². The van der Waals surface area contributed by atoms with Crippen LogP contribution in [0.2, 0.25) is 0 Å². The van der Waals surface area contributed by atoms with Gasteiger partial charge in [0.05, 0.1) is 6.54 Å². The summed E-state index contributed by atoms with van der Waals surface area (Å²) in [4.78, 5) is 42.4. The van der Waals surface area contributed by atoms with Gasteiger partial charge in [-0.2, -0.15) is 0 Å². The zero-order valence-corrected chi connectivity index (χ0v) is 23.8. The first-order valence-corrected chi connectivity index (χ1v) is 14.6. The number of hydrogen-bond donors (Lipinski definition) is 0. The monoisotopic (exact) mass is 532 g/mol. The number of hydrogen-bond acceptors (Lipinski definition) is 6. The van der Waals surface area contributed by atoms with Gasteiger partial charge >= 0.3 is 0 Å². The molecule has 2 amide bonds. The third-order valence-corrected chi connectivity index (χ3v) is 8.88. The van der Waals surface area contributed by atoms with Gasteiger partial charge in [0, 0.05) is 95.5 Å². The standard InChI is InChI=1S/C31H44N6O2/c1-24(2)34-18-16-33(17-19-34)23-31(39)35-21-27-6-4-5-7-30(27)36(25(3)38)15-12-28-8-9-29(22-35)37(28)20-26-10-13-32-14-11-26/h4-7,10-11,13-14,24,28-29H,8-9,12,15-23H2,1-3H3. The van der Waals surface area contributed by atoms with Crippen LogP contribution in [0.1, 0.15) is 51.2 Å². The second kappa shape index (κ2) is 12.6. The number of piperazine rings is 1. The number of anilines is 1. The van der Waals surface area contributed by atoms with Crippen molar-refractivity contribution in [1.82, 2.24) is 24.6 Å². The predicted octanol–water partition coefficient (Wildman–Crippen LogP) is 3.23. The highest BCUT2D eigenvalue weighted by Gasteiger charge is 2.37. The SMILES string of the molecule is CC(=O)N1CCC2CCC(CN(C(=O)CN3CCN(C(C)C)CC3)Cc3ccccc31)N2Cc1ccncc1. The van der Waals surface area contributed by atoms with Crippen LogP contribution in [0.25, 0.3) is 0 Å². The number of para-hydroxylation sites is 1. The van der Waals surface area contributed by atoms with E-state index in [4.69, 9.17) is 0 Å². The molecule has 210 valence electrons. The smallest absolute Gasteiger partial charge is 0.237 e. The molecule has 8 heteroatoms. The number of fused-ring (bicyclic) bond motifs is 3. The lowest BCUT2D eigenvalue weighted by atomic mass is 10.1. The van der Waals surface area contributed by atoms with Crippen molar-refractivity contribution in [2.45, 2.75) is 71.2 Å². The Morgan fingerprint density at radius 1 is 0.923 bits per heavy atom. The third kappa shape index (κ3) is 6.68. The first-order chi connectivity index (χ1) is 18.9. The maximum Gasteiger partial charge on any atom is 0.237 e. The molecular weight excluding hydrogens is 488 g/mol. The number of carbonyl (C=O) groups is 2. The molecule has 2 bridgehead atoms. The average molecular weight is 533 g/mol. The highest BCUT2D eigenvalue weighted by atomic mass is 16.2. The van der Waals surface area contributed by atoms with Gasteiger partial charge in [-0.15, -0.1) is 0 Å². The molecule has 1 aromatic heterocycles. The van der Waals surface area contributed by atoms with E-state index in [1.54, 1.807) is 6.92 Å². The fourth-order valence-electron chi connectivity index (χ4n) is 6.56. The van der Waals surface area contributed by atoms with Crippen LogP contribution in [-0.4, -0.2) is 100 Å². The molecule has 3 aliphatic rings. The summed E-state index contributed by atoms with van der Waals surface area (Å²) in [5.41, 5.74) is 3.22. The summed E-state index contributed by atoms with van der Waals surface area (Å²) in [6.45, 7) is 13.2. The van der Waals surface area contributed by atoms with E-state index < -0.39 is 0 Å². The largest absolute Gasteiger partial charge is 0.336 e. The molecular formula is C31H44N6O2. The van der Waals surface area contributed by atoms with Crippen LogP contribution in [0.3, 0.4) is 0 Å². The fraction of sp³-hybridized carbons (Fsp3) is 0.581. The molecule has 0 aliphatic carbocycles. The minimum atomic E-state index is 0.0535. The molecule has 2 fully saturated rings. The van der Waals surface area contributed by atoms with Crippen molar-refractivity contribution in [1.29, 1.82) is 0 Å². The molecule has 39 heavy (non-hydrogen) atoms. The molecule has 4 heterocycles. The molecule has 8 nitrogen and oxygen atoms in total. The Balaban J connectivity index is 1.41.